The van der Waals surface area contributed by atoms with Gasteiger partial charge in [-0.1, -0.05) is 11.6 Å². The zero-order valence-corrected chi connectivity index (χ0v) is 11.0. The average molecular weight is 285 g/mol. The van der Waals surface area contributed by atoms with Crippen LogP contribution in [0.5, 0.6) is 5.88 Å². The first-order valence-corrected chi connectivity index (χ1v) is 6.28. The number of fused-ring (bicyclic) bond motifs is 1. The lowest BCUT2D eigenvalue weighted by molar-refractivity contribution is 0.273. The Morgan fingerprint density at radius 2 is 2.16 bits per heavy atom. The summed E-state index contributed by atoms with van der Waals surface area (Å²) in [6, 6.07) is 4.30. The van der Waals surface area contributed by atoms with Crippen LogP contribution in [-0.4, -0.2) is 36.4 Å². The molecule has 4 nitrogen and oxygen atoms in total. The molecule has 0 spiro atoms. The third kappa shape index (κ3) is 3.53. The van der Waals surface area contributed by atoms with E-state index in [2.05, 4.69) is 10.3 Å². The van der Waals surface area contributed by atoms with Gasteiger partial charge in [0, 0.05) is 23.9 Å². The van der Waals surface area contributed by atoms with E-state index in [1.807, 2.05) is 0 Å². The minimum Gasteiger partial charge on any atom is -0.476 e. The highest BCUT2D eigenvalue weighted by Crippen LogP contribution is 2.29. The van der Waals surface area contributed by atoms with E-state index in [-0.39, 0.29) is 12.4 Å². The normalized spacial score (nSPS) is 10.9. The highest BCUT2D eigenvalue weighted by atomic mass is 35.5. The van der Waals surface area contributed by atoms with E-state index in [4.69, 9.17) is 21.4 Å². The fourth-order valence-electron chi connectivity index (χ4n) is 1.70. The lowest BCUT2D eigenvalue weighted by Gasteiger charge is -2.09. The molecule has 0 fully saturated rings. The second-order valence-electron chi connectivity index (χ2n) is 3.92. The van der Waals surface area contributed by atoms with Crippen molar-refractivity contribution in [3.8, 4) is 5.88 Å². The summed E-state index contributed by atoms with van der Waals surface area (Å²) in [5, 5.41) is 13.3. The van der Waals surface area contributed by atoms with Gasteiger partial charge in [-0.15, -0.1) is 0 Å². The maximum absolute atomic E-state index is 13.3. The molecule has 0 bridgehead atoms. The number of pyridine rings is 1. The van der Waals surface area contributed by atoms with Crippen molar-refractivity contribution in [2.45, 2.75) is 0 Å². The molecule has 6 heteroatoms. The molecule has 0 aliphatic heterocycles. The SMILES string of the molecule is OCCNCCOc1ncc(Cl)c2ccc(F)cc12. The molecule has 0 atom stereocenters. The lowest BCUT2D eigenvalue weighted by Crippen LogP contribution is -2.24. The zero-order valence-electron chi connectivity index (χ0n) is 10.2. The van der Waals surface area contributed by atoms with E-state index in [1.54, 1.807) is 6.07 Å². The molecule has 0 unspecified atom stereocenters. The van der Waals surface area contributed by atoms with Gasteiger partial charge in [0.15, 0.2) is 0 Å². The minimum absolute atomic E-state index is 0.0767. The molecule has 0 aliphatic rings. The van der Waals surface area contributed by atoms with Crippen LogP contribution < -0.4 is 10.1 Å². The van der Waals surface area contributed by atoms with Gasteiger partial charge in [-0.05, 0) is 18.2 Å². The van der Waals surface area contributed by atoms with Gasteiger partial charge in [-0.2, -0.15) is 0 Å². The van der Waals surface area contributed by atoms with Crippen LogP contribution in [0.2, 0.25) is 5.02 Å². The molecule has 2 rings (SSSR count). The molecule has 2 aromatic rings. The number of ether oxygens (including phenoxy) is 1. The Labute approximate surface area is 115 Å². The number of aromatic nitrogens is 1. The Balaban J connectivity index is 2.14. The Kier molecular flexibility index (Phi) is 4.90. The van der Waals surface area contributed by atoms with Crippen molar-refractivity contribution in [3.63, 3.8) is 0 Å². The first-order chi connectivity index (χ1) is 9.22. The monoisotopic (exact) mass is 284 g/mol. The third-order valence-corrected chi connectivity index (χ3v) is 2.87. The summed E-state index contributed by atoms with van der Waals surface area (Å²) in [7, 11) is 0. The van der Waals surface area contributed by atoms with Crippen LogP contribution in [0.25, 0.3) is 10.8 Å². The Bertz CT molecular complexity index is 566. The van der Waals surface area contributed by atoms with Crippen LogP contribution in [0.15, 0.2) is 24.4 Å². The van der Waals surface area contributed by atoms with Gasteiger partial charge >= 0.3 is 0 Å². The lowest BCUT2D eigenvalue weighted by atomic mass is 10.1. The number of halogens is 2. The zero-order chi connectivity index (χ0) is 13.7. The first kappa shape index (κ1) is 14.0. The van der Waals surface area contributed by atoms with Crippen molar-refractivity contribution in [1.29, 1.82) is 0 Å². The predicted molar refractivity (Wildman–Crippen MR) is 72.2 cm³/mol. The van der Waals surface area contributed by atoms with E-state index in [0.29, 0.717) is 41.4 Å². The summed E-state index contributed by atoms with van der Waals surface area (Å²) in [5.74, 6) is -0.00970. The van der Waals surface area contributed by atoms with E-state index >= 15 is 0 Å². The Morgan fingerprint density at radius 1 is 1.32 bits per heavy atom. The molecule has 102 valence electrons. The number of hydrogen-bond donors (Lipinski definition) is 2. The van der Waals surface area contributed by atoms with Gasteiger partial charge in [-0.25, -0.2) is 9.37 Å². The van der Waals surface area contributed by atoms with Crippen molar-refractivity contribution in [2.75, 3.05) is 26.3 Å². The standard InChI is InChI=1S/C13H14ClFN2O2/c14-12-8-17-13(19-6-4-16-3-5-18)11-7-9(15)1-2-10(11)12/h1-2,7-8,16,18H,3-6H2. The van der Waals surface area contributed by atoms with Gasteiger partial charge in [0.25, 0.3) is 0 Å². The summed E-state index contributed by atoms with van der Waals surface area (Å²) in [5.41, 5.74) is 0. The van der Waals surface area contributed by atoms with Crippen LogP contribution in [0.4, 0.5) is 4.39 Å². The number of nitrogens with zero attached hydrogens (tertiary/aromatic N) is 1. The maximum atomic E-state index is 13.3. The summed E-state index contributed by atoms with van der Waals surface area (Å²) >= 11 is 6.00. The fourth-order valence-corrected chi connectivity index (χ4v) is 1.91. The highest BCUT2D eigenvalue weighted by Gasteiger charge is 2.08. The Hall–Kier alpha value is -1.43. The van der Waals surface area contributed by atoms with E-state index in [1.165, 1.54) is 18.3 Å². The van der Waals surface area contributed by atoms with Gasteiger partial charge in [0.1, 0.15) is 12.4 Å². The average Bonchev–Trinajstić information content (AvgIpc) is 2.41. The topological polar surface area (TPSA) is 54.4 Å². The second-order valence-corrected chi connectivity index (χ2v) is 4.33. The second kappa shape index (κ2) is 6.65. The molecular weight excluding hydrogens is 271 g/mol. The van der Waals surface area contributed by atoms with E-state index < -0.39 is 0 Å². The molecule has 0 radical (unpaired) electrons. The van der Waals surface area contributed by atoms with Gasteiger partial charge in [0.05, 0.1) is 17.8 Å². The predicted octanol–water partition coefficient (Wildman–Crippen LogP) is 1.99. The number of rotatable bonds is 6. The summed E-state index contributed by atoms with van der Waals surface area (Å²) < 4.78 is 18.8. The minimum atomic E-state index is -0.361. The van der Waals surface area contributed by atoms with Crippen LogP contribution in [-0.2, 0) is 0 Å². The Morgan fingerprint density at radius 3 is 2.95 bits per heavy atom. The smallest absolute Gasteiger partial charge is 0.221 e. The number of benzene rings is 1. The van der Waals surface area contributed by atoms with E-state index in [0.717, 1.165) is 0 Å². The molecular formula is C13H14ClFN2O2. The van der Waals surface area contributed by atoms with Crippen LogP contribution in [0.3, 0.4) is 0 Å². The molecule has 0 aliphatic carbocycles. The molecule has 1 aromatic carbocycles. The number of nitrogens with one attached hydrogen (secondary N) is 1. The van der Waals surface area contributed by atoms with Crippen molar-refractivity contribution in [1.82, 2.24) is 10.3 Å². The molecule has 2 N–H and O–H groups in total. The molecule has 0 saturated carbocycles. The van der Waals surface area contributed by atoms with Crippen LogP contribution >= 0.6 is 11.6 Å². The van der Waals surface area contributed by atoms with Crippen LogP contribution in [0.1, 0.15) is 0 Å². The van der Waals surface area contributed by atoms with Crippen molar-refractivity contribution >= 4 is 22.4 Å². The van der Waals surface area contributed by atoms with Crippen molar-refractivity contribution in [3.05, 3.63) is 35.2 Å². The molecule has 1 heterocycles. The highest BCUT2D eigenvalue weighted by molar-refractivity contribution is 6.35. The van der Waals surface area contributed by atoms with Crippen molar-refractivity contribution in [2.24, 2.45) is 0 Å². The number of aliphatic hydroxyl groups is 1. The quantitative estimate of drug-likeness (QED) is 0.797. The first-order valence-electron chi connectivity index (χ1n) is 5.90. The fraction of sp³-hybridized carbons (Fsp3) is 0.308. The van der Waals surface area contributed by atoms with Crippen LogP contribution in [0, 0.1) is 5.82 Å². The van der Waals surface area contributed by atoms with Gasteiger partial charge in [0.2, 0.25) is 5.88 Å². The van der Waals surface area contributed by atoms with Gasteiger partial charge < -0.3 is 15.2 Å². The molecule has 1 aromatic heterocycles. The largest absolute Gasteiger partial charge is 0.476 e. The van der Waals surface area contributed by atoms with E-state index in [9.17, 15) is 4.39 Å². The number of hydrogen-bond acceptors (Lipinski definition) is 4. The third-order valence-electron chi connectivity index (χ3n) is 2.57. The summed E-state index contributed by atoms with van der Waals surface area (Å²) in [4.78, 5) is 4.07. The molecule has 0 amide bonds. The number of aliphatic hydroxyl groups excluding tert-OH is 1. The van der Waals surface area contributed by atoms with Gasteiger partial charge in [-0.3, -0.25) is 0 Å². The maximum Gasteiger partial charge on any atom is 0.221 e. The molecule has 19 heavy (non-hydrogen) atoms. The summed E-state index contributed by atoms with van der Waals surface area (Å²) in [6.45, 7) is 1.53. The van der Waals surface area contributed by atoms with Crippen molar-refractivity contribution < 1.29 is 14.2 Å². The summed E-state index contributed by atoms with van der Waals surface area (Å²) in [6.07, 6.45) is 1.48. The molecule has 0 saturated heterocycles.